The lowest BCUT2D eigenvalue weighted by Gasteiger charge is -2.09. The number of hydrogen-bond acceptors (Lipinski definition) is 5. The first-order chi connectivity index (χ1) is 11.8. The van der Waals surface area contributed by atoms with Gasteiger partial charge in [0.15, 0.2) is 6.61 Å². The average Bonchev–Trinajstić information content (AvgIpc) is 2.51. The average molecular weight is 363 g/mol. The second-order valence-electron chi connectivity index (χ2n) is 5.42. The topological polar surface area (TPSA) is 98.5 Å². The first kappa shape index (κ1) is 18.4. The molecule has 0 saturated heterocycles. The smallest absolute Gasteiger partial charge is 0.340 e. The van der Waals surface area contributed by atoms with Crippen LogP contribution in [0.1, 0.15) is 21.5 Å². The van der Waals surface area contributed by atoms with E-state index in [1.807, 2.05) is 19.9 Å². The predicted octanol–water partition coefficient (Wildman–Crippen LogP) is 3.66. The van der Waals surface area contributed by atoms with Crippen LogP contribution < -0.4 is 5.32 Å². The summed E-state index contributed by atoms with van der Waals surface area (Å²) in [5, 5.41) is 13.4. The van der Waals surface area contributed by atoms with E-state index in [-0.39, 0.29) is 16.3 Å². The molecule has 0 unspecified atom stereocenters. The normalized spacial score (nSPS) is 10.2. The third-order valence-corrected chi connectivity index (χ3v) is 3.55. The van der Waals surface area contributed by atoms with Gasteiger partial charge in [0, 0.05) is 17.8 Å². The quantitative estimate of drug-likeness (QED) is 0.497. The number of nitro benzene ring substituents is 1. The van der Waals surface area contributed by atoms with E-state index in [1.165, 1.54) is 12.1 Å². The third kappa shape index (κ3) is 5.02. The molecule has 0 atom stereocenters. The number of nitrogens with one attached hydrogen (secondary N) is 1. The van der Waals surface area contributed by atoms with E-state index in [4.69, 9.17) is 16.3 Å². The van der Waals surface area contributed by atoms with Crippen LogP contribution in [0.15, 0.2) is 36.4 Å². The molecule has 0 aliphatic rings. The Hall–Kier alpha value is -2.93. The van der Waals surface area contributed by atoms with Crippen LogP contribution in [0.4, 0.5) is 11.4 Å². The zero-order valence-electron chi connectivity index (χ0n) is 13.5. The number of ether oxygens (including phenoxy) is 1. The standard InChI is InChI=1S/C17H15ClN2O5/c1-10-5-11(2)7-12(6-10)19-16(21)9-25-17(22)14-8-13(20(23)24)3-4-15(14)18/h3-8H,9H2,1-2H3,(H,19,21). The summed E-state index contributed by atoms with van der Waals surface area (Å²) < 4.78 is 4.88. The van der Waals surface area contributed by atoms with E-state index in [2.05, 4.69) is 5.32 Å². The van der Waals surface area contributed by atoms with Gasteiger partial charge in [0.25, 0.3) is 11.6 Å². The molecule has 1 N–H and O–H groups in total. The molecule has 0 heterocycles. The van der Waals surface area contributed by atoms with Crippen LogP contribution in [0.3, 0.4) is 0 Å². The SMILES string of the molecule is Cc1cc(C)cc(NC(=O)COC(=O)c2cc([N+](=O)[O-])ccc2Cl)c1. The summed E-state index contributed by atoms with van der Waals surface area (Å²) in [6, 6.07) is 8.93. The number of rotatable bonds is 5. The minimum absolute atomic E-state index is 0.00492. The van der Waals surface area contributed by atoms with Crippen molar-refractivity contribution in [1.82, 2.24) is 0 Å². The zero-order chi connectivity index (χ0) is 18.6. The van der Waals surface area contributed by atoms with E-state index >= 15 is 0 Å². The molecule has 0 aliphatic carbocycles. The highest BCUT2D eigenvalue weighted by Crippen LogP contribution is 2.22. The highest BCUT2D eigenvalue weighted by molar-refractivity contribution is 6.33. The van der Waals surface area contributed by atoms with E-state index < -0.39 is 23.4 Å². The third-order valence-electron chi connectivity index (χ3n) is 3.22. The number of esters is 1. The summed E-state index contributed by atoms with van der Waals surface area (Å²) in [7, 11) is 0. The Balaban J connectivity index is 2.01. The number of nitro groups is 1. The van der Waals surface area contributed by atoms with Gasteiger partial charge >= 0.3 is 5.97 Å². The molecule has 0 bridgehead atoms. The second-order valence-corrected chi connectivity index (χ2v) is 5.83. The van der Waals surface area contributed by atoms with E-state index in [0.29, 0.717) is 5.69 Å². The molecule has 0 aliphatic heterocycles. The molecule has 8 heteroatoms. The monoisotopic (exact) mass is 362 g/mol. The Morgan fingerprint density at radius 1 is 1.16 bits per heavy atom. The largest absolute Gasteiger partial charge is 0.452 e. The Morgan fingerprint density at radius 2 is 1.80 bits per heavy atom. The van der Waals surface area contributed by atoms with Crippen molar-refractivity contribution in [3.63, 3.8) is 0 Å². The fourth-order valence-electron chi connectivity index (χ4n) is 2.24. The van der Waals surface area contributed by atoms with Crippen molar-refractivity contribution in [3.8, 4) is 0 Å². The summed E-state index contributed by atoms with van der Waals surface area (Å²) in [5.41, 5.74) is 2.09. The molecule has 2 aromatic carbocycles. The maximum atomic E-state index is 12.0. The molecule has 0 radical (unpaired) electrons. The number of nitrogens with zero attached hydrogens (tertiary/aromatic N) is 1. The summed E-state index contributed by atoms with van der Waals surface area (Å²) in [4.78, 5) is 34.0. The molecule has 130 valence electrons. The first-order valence-electron chi connectivity index (χ1n) is 7.25. The Labute approximate surface area is 148 Å². The molecule has 1 amide bonds. The van der Waals surface area contributed by atoms with Gasteiger partial charge in [-0.1, -0.05) is 17.7 Å². The van der Waals surface area contributed by atoms with Crippen LogP contribution in [-0.2, 0) is 9.53 Å². The number of anilines is 1. The van der Waals surface area contributed by atoms with Gasteiger partial charge < -0.3 is 10.1 Å². The lowest BCUT2D eigenvalue weighted by atomic mass is 10.1. The molecule has 0 aromatic heterocycles. The van der Waals surface area contributed by atoms with Crippen molar-refractivity contribution in [2.75, 3.05) is 11.9 Å². The Kier molecular flexibility index (Phi) is 5.71. The van der Waals surface area contributed by atoms with Crippen molar-refractivity contribution in [1.29, 1.82) is 0 Å². The van der Waals surface area contributed by atoms with Crippen LogP contribution in [0.5, 0.6) is 0 Å². The number of carbonyl (C=O) groups is 2. The van der Waals surface area contributed by atoms with Gasteiger partial charge in [-0.05, 0) is 43.2 Å². The van der Waals surface area contributed by atoms with Crippen molar-refractivity contribution >= 4 is 34.9 Å². The Bertz CT molecular complexity index is 831. The second kappa shape index (κ2) is 7.76. The summed E-state index contributed by atoms with van der Waals surface area (Å²) in [5.74, 6) is -1.44. The minimum atomic E-state index is -0.913. The van der Waals surface area contributed by atoms with E-state index in [1.54, 1.807) is 12.1 Å². The number of aryl methyl sites for hydroxylation is 2. The van der Waals surface area contributed by atoms with Gasteiger partial charge in [0.05, 0.1) is 15.5 Å². The van der Waals surface area contributed by atoms with Gasteiger partial charge in [-0.3, -0.25) is 14.9 Å². The first-order valence-corrected chi connectivity index (χ1v) is 7.63. The molecule has 0 saturated carbocycles. The molecular weight excluding hydrogens is 348 g/mol. The number of benzene rings is 2. The van der Waals surface area contributed by atoms with Gasteiger partial charge in [-0.2, -0.15) is 0 Å². The summed E-state index contributed by atoms with van der Waals surface area (Å²) >= 11 is 5.85. The zero-order valence-corrected chi connectivity index (χ0v) is 14.3. The van der Waals surface area contributed by atoms with E-state index in [9.17, 15) is 19.7 Å². The fourth-order valence-corrected chi connectivity index (χ4v) is 2.43. The van der Waals surface area contributed by atoms with Crippen molar-refractivity contribution < 1.29 is 19.2 Å². The molecule has 2 rings (SSSR count). The van der Waals surface area contributed by atoms with Crippen LogP contribution in [0, 0.1) is 24.0 Å². The van der Waals surface area contributed by atoms with Gasteiger partial charge in [-0.15, -0.1) is 0 Å². The number of hydrogen-bond donors (Lipinski definition) is 1. The number of non-ortho nitro benzene ring substituents is 1. The van der Waals surface area contributed by atoms with Gasteiger partial charge in [0.1, 0.15) is 0 Å². The molecule has 2 aromatic rings. The van der Waals surface area contributed by atoms with E-state index in [0.717, 1.165) is 17.2 Å². The van der Waals surface area contributed by atoms with Crippen molar-refractivity contribution in [2.24, 2.45) is 0 Å². The predicted molar refractivity (Wildman–Crippen MR) is 92.9 cm³/mol. The van der Waals surface area contributed by atoms with Gasteiger partial charge in [0.2, 0.25) is 0 Å². The van der Waals surface area contributed by atoms with Crippen molar-refractivity contribution in [2.45, 2.75) is 13.8 Å². The van der Waals surface area contributed by atoms with Crippen LogP contribution in [0.25, 0.3) is 0 Å². The maximum Gasteiger partial charge on any atom is 0.340 e. The van der Waals surface area contributed by atoms with Crippen LogP contribution >= 0.6 is 11.6 Å². The van der Waals surface area contributed by atoms with Gasteiger partial charge in [-0.25, -0.2) is 4.79 Å². The highest BCUT2D eigenvalue weighted by atomic mass is 35.5. The highest BCUT2D eigenvalue weighted by Gasteiger charge is 2.18. The number of halogens is 1. The van der Waals surface area contributed by atoms with Crippen LogP contribution in [0.2, 0.25) is 5.02 Å². The fraction of sp³-hybridized carbons (Fsp3) is 0.176. The number of amides is 1. The summed E-state index contributed by atoms with van der Waals surface area (Å²) in [6.07, 6.45) is 0. The Morgan fingerprint density at radius 3 is 2.40 bits per heavy atom. The van der Waals surface area contributed by atoms with Crippen molar-refractivity contribution in [3.05, 3.63) is 68.2 Å². The maximum absolute atomic E-state index is 12.0. The molecule has 25 heavy (non-hydrogen) atoms. The summed E-state index contributed by atoms with van der Waals surface area (Å²) in [6.45, 7) is 3.25. The van der Waals surface area contributed by atoms with Crippen LogP contribution in [-0.4, -0.2) is 23.4 Å². The lowest BCUT2D eigenvalue weighted by Crippen LogP contribution is -2.21. The molecule has 0 fully saturated rings. The molecule has 7 nitrogen and oxygen atoms in total. The number of carbonyl (C=O) groups excluding carboxylic acids is 2. The minimum Gasteiger partial charge on any atom is -0.452 e. The lowest BCUT2D eigenvalue weighted by molar-refractivity contribution is -0.384. The molecule has 0 spiro atoms. The molecular formula is C17H15ClN2O5.